The van der Waals surface area contributed by atoms with Gasteiger partial charge in [-0.25, -0.2) is 0 Å². The third-order valence-electron chi connectivity index (χ3n) is 4.62. The van der Waals surface area contributed by atoms with Gasteiger partial charge in [0.05, 0.1) is 0 Å². The van der Waals surface area contributed by atoms with Crippen molar-refractivity contribution in [3.05, 3.63) is 60.0 Å². The van der Waals surface area contributed by atoms with Gasteiger partial charge in [0, 0.05) is 23.5 Å². The van der Waals surface area contributed by atoms with E-state index >= 15 is 0 Å². The van der Waals surface area contributed by atoms with Crippen molar-refractivity contribution in [1.29, 1.82) is 0 Å². The molecule has 24 heavy (non-hydrogen) atoms. The summed E-state index contributed by atoms with van der Waals surface area (Å²) in [5, 5.41) is 4.14. The van der Waals surface area contributed by atoms with Crippen molar-refractivity contribution < 1.29 is 4.52 Å². The molecule has 0 amide bonds. The Morgan fingerprint density at radius 1 is 1.12 bits per heavy atom. The molecular weight excluding hydrogens is 300 g/mol. The van der Waals surface area contributed by atoms with Gasteiger partial charge < -0.3 is 15.2 Å². The Hall–Kier alpha value is -2.82. The number of rotatable bonds is 3. The van der Waals surface area contributed by atoms with Gasteiger partial charge in [-0.3, -0.25) is 0 Å². The molecule has 1 unspecified atom stereocenters. The van der Waals surface area contributed by atoms with Gasteiger partial charge in [0.15, 0.2) is 0 Å². The number of nitrogens with zero attached hydrogens (tertiary/aromatic N) is 3. The SMILES string of the molecule is CC(c1nc(-c2ccccc2)no1)N1CCCc2c(N)cccc21. The quantitative estimate of drug-likeness (QED) is 0.743. The molecule has 0 spiro atoms. The zero-order valence-electron chi connectivity index (χ0n) is 13.6. The topological polar surface area (TPSA) is 68.2 Å². The highest BCUT2D eigenvalue weighted by molar-refractivity contribution is 5.66. The summed E-state index contributed by atoms with van der Waals surface area (Å²) in [5.41, 5.74) is 10.4. The Labute approximate surface area is 141 Å². The largest absolute Gasteiger partial charge is 0.398 e. The number of aromatic nitrogens is 2. The highest BCUT2D eigenvalue weighted by atomic mass is 16.5. The summed E-state index contributed by atoms with van der Waals surface area (Å²) in [6.07, 6.45) is 2.09. The van der Waals surface area contributed by atoms with E-state index < -0.39 is 0 Å². The standard InChI is InChI=1S/C19H20N4O/c1-13(19-21-18(22-24-19)14-7-3-2-4-8-14)23-12-6-9-15-16(20)10-5-11-17(15)23/h2-5,7-8,10-11,13H,6,9,12,20H2,1H3. The van der Waals surface area contributed by atoms with Gasteiger partial charge >= 0.3 is 0 Å². The van der Waals surface area contributed by atoms with Crippen LogP contribution in [0.5, 0.6) is 0 Å². The summed E-state index contributed by atoms with van der Waals surface area (Å²) >= 11 is 0. The molecular formula is C19H20N4O. The van der Waals surface area contributed by atoms with Crippen LogP contribution in [0.1, 0.15) is 30.8 Å². The van der Waals surface area contributed by atoms with Crippen molar-refractivity contribution in [2.75, 3.05) is 17.2 Å². The second kappa shape index (κ2) is 6.00. The molecule has 2 heterocycles. The van der Waals surface area contributed by atoms with E-state index in [1.807, 2.05) is 42.5 Å². The monoisotopic (exact) mass is 320 g/mol. The second-order valence-corrected chi connectivity index (χ2v) is 6.14. The molecule has 2 aromatic carbocycles. The summed E-state index contributed by atoms with van der Waals surface area (Å²) in [6, 6.07) is 16.0. The Morgan fingerprint density at radius 2 is 1.96 bits per heavy atom. The van der Waals surface area contributed by atoms with Crippen LogP contribution in [-0.4, -0.2) is 16.7 Å². The van der Waals surface area contributed by atoms with E-state index in [9.17, 15) is 0 Å². The third kappa shape index (κ3) is 2.52. The average molecular weight is 320 g/mol. The van der Waals surface area contributed by atoms with Gasteiger partial charge in [-0.05, 0) is 37.5 Å². The van der Waals surface area contributed by atoms with E-state index in [1.165, 1.54) is 11.3 Å². The molecule has 1 atom stereocenters. The van der Waals surface area contributed by atoms with Crippen molar-refractivity contribution >= 4 is 11.4 Å². The van der Waals surface area contributed by atoms with E-state index in [1.54, 1.807) is 0 Å². The van der Waals surface area contributed by atoms with Gasteiger partial charge in [0.1, 0.15) is 6.04 Å². The molecule has 4 rings (SSSR count). The van der Waals surface area contributed by atoms with Crippen molar-refractivity contribution in [3.63, 3.8) is 0 Å². The first kappa shape index (κ1) is 14.8. The summed E-state index contributed by atoms with van der Waals surface area (Å²) in [7, 11) is 0. The smallest absolute Gasteiger partial charge is 0.249 e. The van der Waals surface area contributed by atoms with Crippen LogP contribution in [0.15, 0.2) is 53.1 Å². The summed E-state index contributed by atoms with van der Waals surface area (Å²) in [4.78, 5) is 6.90. The molecule has 0 radical (unpaired) electrons. The van der Waals surface area contributed by atoms with Crippen LogP contribution < -0.4 is 10.6 Å². The van der Waals surface area contributed by atoms with E-state index in [0.29, 0.717) is 11.7 Å². The Balaban J connectivity index is 1.65. The first-order valence-corrected chi connectivity index (χ1v) is 8.27. The van der Waals surface area contributed by atoms with Crippen LogP contribution in [0.4, 0.5) is 11.4 Å². The van der Waals surface area contributed by atoms with Crippen molar-refractivity contribution in [1.82, 2.24) is 10.1 Å². The van der Waals surface area contributed by atoms with Crippen LogP contribution >= 0.6 is 0 Å². The minimum absolute atomic E-state index is 0.0100. The third-order valence-corrected chi connectivity index (χ3v) is 4.62. The lowest BCUT2D eigenvalue weighted by Gasteiger charge is -2.35. The highest BCUT2D eigenvalue weighted by Crippen LogP contribution is 2.36. The van der Waals surface area contributed by atoms with Gasteiger partial charge in [-0.1, -0.05) is 41.6 Å². The number of nitrogen functional groups attached to an aromatic ring is 1. The van der Waals surface area contributed by atoms with Crippen molar-refractivity contribution in [2.24, 2.45) is 0 Å². The normalized spacial score (nSPS) is 15.1. The molecule has 122 valence electrons. The van der Waals surface area contributed by atoms with Crippen LogP contribution in [0.2, 0.25) is 0 Å². The molecule has 0 saturated heterocycles. The fraction of sp³-hybridized carbons (Fsp3) is 0.263. The van der Waals surface area contributed by atoms with Gasteiger partial charge in [-0.15, -0.1) is 0 Å². The predicted molar refractivity (Wildman–Crippen MR) is 94.7 cm³/mol. The maximum Gasteiger partial charge on any atom is 0.249 e. The molecule has 0 aliphatic carbocycles. The van der Waals surface area contributed by atoms with E-state index in [2.05, 4.69) is 28.0 Å². The van der Waals surface area contributed by atoms with Crippen LogP contribution in [0.25, 0.3) is 11.4 Å². The lowest BCUT2D eigenvalue weighted by Crippen LogP contribution is -2.32. The number of fused-ring (bicyclic) bond motifs is 1. The molecule has 5 nitrogen and oxygen atoms in total. The molecule has 3 aromatic rings. The Bertz CT molecular complexity index is 844. The zero-order chi connectivity index (χ0) is 16.5. The number of nitrogens with two attached hydrogens (primary N) is 1. The molecule has 0 bridgehead atoms. The average Bonchev–Trinajstić information content (AvgIpc) is 3.12. The van der Waals surface area contributed by atoms with Crippen LogP contribution in [0, 0.1) is 0 Å². The van der Waals surface area contributed by atoms with Crippen molar-refractivity contribution in [2.45, 2.75) is 25.8 Å². The summed E-state index contributed by atoms with van der Waals surface area (Å²) in [6.45, 7) is 3.06. The lowest BCUT2D eigenvalue weighted by atomic mass is 9.98. The second-order valence-electron chi connectivity index (χ2n) is 6.14. The maximum absolute atomic E-state index is 6.14. The van der Waals surface area contributed by atoms with Gasteiger partial charge in [-0.2, -0.15) is 4.98 Å². The number of hydrogen-bond donors (Lipinski definition) is 1. The zero-order valence-corrected chi connectivity index (χ0v) is 13.6. The first-order valence-electron chi connectivity index (χ1n) is 8.27. The van der Waals surface area contributed by atoms with Crippen LogP contribution in [0.3, 0.4) is 0 Å². The molecule has 0 fully saturated rings. The van der Waals surface area contributed by atoms with Gasteiger partial charge in [0.25, 0.3) is 0 Å². The fourth-order valence-corrected chi connectivity index (χ4v) is 3.33. The molecule has 1 aliphatic rings. The molecule has 1 aliphatic heterocycles. The fourth-order valence-electron chi connectivity index (χ4n) is 3.33. The molecule has 5 heteroatoms. The first-order chi connectivity index (χ1) is 11.7. The van der Waals surface area contributed by atoms with E-state index in [-0.39, 0.29) is 6.04 Å². The Morgan fingerprint density at radius 3 is 2.79 bits per heavy atom. The maximum atomic E-state index is 6.14. The summed E-state index contributed by atoms with van der Waals surface area (Å²) in [5.74, 6) is 1.26. The molecule has 2 N–H and O–H groups in total. The number of hydrogen-bond acceptors (Lipinski definition) is 5. The minimum atomic E-state index is 0.0100. The Kier molecular flexibility index (Phi) is 3.69. The highest BCUT2D eigenvalue weighted by Gasteiger charge is 2.27. The van der Waals surface area contributed by atoms with E-state index in [0.717, 1.165) is 30.6 Å². The van der Waals surface area contributed by atoms with Gasteiger partial charge in [0.2, 0.25) is 11.7 Å². The summed E-state index contributed by atoms with van der Waals surface area (Å²) < 4.78 is 5.55. The van der Waals surface area contributed by atoms with Crippen LogP contribution in [-0.2, 0) is 6.42 Å². The molecule has 1 aromatic heterocycles. The molecule has 0 saturated carbocycles. The number of benzene rings is 2. The van der Waals surface area contributed by atoms with E-state index in [4.69, 9.17) is 10.3 Å². The van der Waals surface area contributed by atoms with Crippen molar-refractivity contribution in [3.8, 4) is 11.4 Å². The predicted octanol–water partition coefficient (Wildman–Crippen LogP) is 3.83. The lowest BCUT2D eigenvalue weighted by molar-refractivity contribution is 0.353. The number of anilines is 2. The minimum Gasteiger partial charge on any atom is -0.398 e.